The van der Waals surface area contributed by atoms with Crippen molar-refractivity contribution in [1.82, 2.24) is 0 Å². The molecule has 0 amide bonds. The van der Waals surface area contributed by atoms with Gasteiger partial charge in [0.25, 0.3) is 0 Å². The molecule has 3 heteroatoms. The maximum Gasteiger partial charge on any atom is 0.0853 e. The highest BCUT2D eigenvalue weighted by molar-refractivity contribution is 4.71. The third-order valence-corrected chi connectivity index (χ3v) is 1.11. The van der Waals surface area contributed by atoms with Crippen LogP contribution in [0.1, 0.15) is 20.8 Å². The van der Waals surface area contributed by atoms with Crippen molar-refractivity contribution in [2.75, 3.05) is 7.11 Å². The van der Waals surface area contributed by atoms with E-state index in [4.69, 9.17) is 10.8 Å². The highest BCUT2D eigenvalue weighted by Crippen LogP contribution is 1.82. The molecule has 11 heavy (non-hydrogen) atoms. The van der Waals surface area contributed by atoms with E-state index in [1.807, 2.05) is 0 Å². The molecule has 2 unspecified atom stereocenters. The maximum absolute atomic E-state index is 8.50. The highest BCUT2D eigenvalue weighted by Gasteiger charge is 1.97. The van der Waals surface area contributed by atoms with Crippen molar-refractivity contribution in [3.05, 3.63) is 12.3 Å². The molecule has 0 aromatic carbocycles. The predicted molar refractivity (Wildman–Crippen MR) is 47.2 cm³/mol. The second kappa shape index (κ2) is 7.57. The smallest absolute Gasteiger partial charge is 0.0853 e. The minimum atomic E-state index is -0.370. The number of rotatable bonds is 2. The monoisotopic (exact) mass is 161 g/mol. The van der Waals surface area contributed by atoms with Gasteiger partial charge in [0.1, 0.15) is 0 Å². The van der Waals surface area contributed by atoms with Crippen molar-refractivity contribution in [2.24, 2.45) is 5.73 Å². The average Bonchev–Trinajstić information content (AvgIpc) is 1.89. The first kappa shape index (κ1) is 13.1. The Labute approximate surface area is 68.9 Å². The van der Waals surface area contributed by atoms with Gasteiger partial charge in [-0.15, -0.1) is 0 Å². The van der Waals surface area contributed by atoms with Gasteiger partial charge in [0.05, 0.1) is 19.0 Å². The van der Waals surface area contributed by atoms with Crippen molar-refractivity contribution in [2.45, 2.75) is 32.9 Å². The van der Waals surface area contributed by atoms with Crippen molar-refractivity contribution in [3.63, 3.8) is 0 Å². The summed E-state index contributed by atoms with van der Waals surface area (Å²) >= 11 is 0. The van der Waals surface area contributed by atoms with Crippen LogP contribution in [0.25, 0.3) is 0 Å². The minimum Gasteiger partial charge on any atom is -0.502 e. The Morgan fingerprint density at radius 2 is 1.73 bits per heavy atom. The van der Waals surface area contributed by atoms with Crippen LogP contribution in [0, 0.1) is 0 Å². The quantitative estimate of drug-likeness (QED) is 0.591. The second-order valence-corrected chi connectivity index (χ2v) is 2.51. The van der Waals surface area contributed by atoms with Gasteiger partial charge in [-0.2, -0.15) is 0 Å². The van der Waals surface area contributed by atoms with Gasteiger partial charge in [-0.25, -0.2) is 0 Å². The molecule has 2 atom stereocenters. The molecule has 0 radical (unpaired) electrons. The van der Waals surface area contributed by atoms with Crippen molar-refractivity contribution in [1.29, 1.82) is 0 Å². The third-order valence-electron chi connectivity index (χ3n) is 1.11. The van der Waals surface area contributed by atoms with E-state index >= 15 is 0 Å². The van der Waals surface area contributed by atoms with Gasteiger partial charge in [-0.05, 0) is 20.8 Å². The Bertz CT molecular complexity index is 94.3. The van der Waals surface area contributed by atoms with Gasteiger partial charge in [0, 0.05) is 6.04 Å². The molecule has 0 rings (SSSR count). The molecule has 0 spiro atoms. The summed E-state index contributed by atoms with van der Waals surface area (Å²) in [7, 11) is 1.60. The van der Waals surface area contributed by atoms with Gasteiger partial charge < -0.3 is 15.6 Å². The molecule has 0 saturated heterocycles. The van der Waals surface area contributed by atoms with E-state index in [9.17, 15) is 0 Å². The summed E-state index contributed by atoms with van der Waals surface area (Å²) in [6, 6.07) is -0.0926. The first-order chi connectivity index (χ1) is 4.91. The van der Waals surface area contributed by atoms with Gasteiger partial charge in [0.2, 0.25) is 0 Å². The first-order valence-corrected chi connectivity index (χ1v) is 3.55. The lowest BCUT2D eigenvalue weighted by Crippen LogP contribution is -2.28. The minimum absolute atomic E-state index is 0.0926. The van der Waals surface area contributed by atoms with Crippen LogP contribution in [-0.2, 0) is 4.74 Å². The van der Waals surface area contributed by atoms with E-state index in [1.165, 1.54) is 0 Å². The maximum atomic E-state index is 8.50. The lowest BCUT2D eigenvalue weighted by molar-refractivity contribution is 0.170. The number of aliphatic hydroxyl groups excluding tert-OH is 1. The van der Waals surface area contributed by atoms with E-state index in [0.29, 0.717) is 0 Å². The Morgan fingerprint density at radius 1 is 1.55 bits per heavy atom. The number of hydrogen-bond acceptors (Lipinski definition) is 3. The molecule has 0 aromatic heterocycles. The number of aliphatic hydroxyl groups is 1. The molecule has 0 fully saturated rings. The van der Waals surface area contributed by atoms with Crippen LogP contribution in [0.2, 0.25) is 0 Å². The zero-order chi connectivity index (χ0) is 9.44. The number of nitrogens with two attached hydrogens (primary N) is 1. The van der Waals surface area contributed by atoms with Gasteiger partial charge in [-0.1, -0.05) is 6.58 Å². The molecule has 3 nitrogen and oxygen atoms in total. The Kier molecular flexibility index (Phi) is 9.00. The van der Waals surface area contributed by atoms with Crippen LogP contribution in [0.5, 0.6) is 0 Å². The predicted octanol–water partition coefficient (Wildman–Crippen LogP) is 0.881. The number of ether oxygens (including phenoxy) is 1. The molecule has 0 bridgehead atoms. The molecular formula is C8H19NO2. The van der Waals surface area contributed by atoms with E-state index < -0.39 is 0 Å². The summed E-state index contributed by atoms with van der Waals surface area (Å²) in [5.74, 6) is 0.755. The lowest BCUT2D eigenvalue weighted by atomic mass is 10.2. The summed E-state index contributed by atoms with van der Waals surface area (Å²) in [6.07, 6.45) is -0.370. The Balaban J connectivity index is 0. The van der Waals surface area contributed by atoms with Crippen LogP contribution in [0.4, 0.5) is 0 Å². The molecule has 0 aliphatic heterocycles. The fourth-order valence-corrected chi connectivity index (χ4v) is 0. The first-order valence-electron chi connectivity index (χ1n) is 3.55. The zero-order valence-corrected chi connectivity index (χ0v) is 7.79. The Morgan fingerprint density at radius 3 is 1.73 bits per heavy atom. The lowest BCUT2D eigenvalue weighted by Gasteiger charge is -2.04. The summed E-state index contributed by atoms with van der Waals surface area (Å²) in [6.45, 7) is 8.70. The fourth-order valence-electron chi connectivity index (χ4n) is 0. The van der Waals surface area contributed by atoms with Crippen LogP contribution < -0.4 is 5.73 Å². The fraction of sp³-hybridized carbons (Fsp3) is 0.750. The molecular weight excluding hydrogens is 142 g/mol. The van der Waals surface area contributed by atoms with Crippen molar-refractivity contribution >= 4 is 0 Å². The van der Waals surface area contributed by atoms with E-state index in [0.717, 1.165) is 5.76 Å². The number of allylic oxidation sites excluding steroid dienone is 1. The van der Waals surface area contributed by atoms with Crippen LogP contribution in [0.3, 0.4) is 0 Å². The molecule has 0 heterocycles. The molecule has 3 N–H and O–H groups in total. The zero-order valence-electron chi connectivity index (χ0n) is 7.79. The normalized spacial score (nSPS) is 14.0. The summed E-state index contributed by atoms with van der Waals surface area (Å²) in [5, 5.41) is 8.50. The Hall–Kier alpha value is -0.540. The second-order valence-electron chi connectivity index (χ2n) is 2.51. The molecule has 0 aromatic rings. The highest BCUT2D eigenvalue weighted by atomic mass is 16.5. The van der Waals surface area contributed by atoms with Gasteiger partial charge in [0.15, 0.2) is 0 Å². The standard InChI is InChI=1S/C4H11NO.C4H8O/c1-3(5)4(2)6;1-4(2)5-3/h3-4,6H,5H2,1-2H3;1H2,2-3H3. The van der Waals surface area contributed by atoms with Crippen LogP contribution in [0.15, 0.2) is 12.3 Å². The van der Waals surface area contributed by atoms with Crippen molar-refractivity contribution in [3.8, 4) is 0 Å². The average molecular weight is 161 g/mol. The van der Waals surface area contributed by atoms with Gasteiger partial charge >= 0.3 is 0 Å². The number of hydrogen-bond donors (Lipinski definition) is 2. The largest absolute Gasteiger partial charge is 0.502 e. The van der Waals surface area contributed by atoms with Crippen LogP contribution in [-0.4, -0.2) is 24.4 Å². The summed E-state index contributed by atoms with van der Waals surface area (Å²) in [4.78, 5) is 0. The molecule has 0 aliphatic rings. The van der Waals surface area contributed by atoms with Crippen LogP contribution >= 0.6 is 0 Å². The topological polar surface area (TPSA) is 55.5 Å². The van der Waals surface area contributed by atoms with E-state index in [-0.39, 0.29) is 12.1 Å². The molecule has 0 aliphatic carbocycles. The molecule has 68 valence electrons. The summed E-state index contributed by atoms with van der Waals surface area (Å²) < 4.78 is 4.56. The number of methoxy groups -OCH3 is 1. The third kappa shape index (κ3) is 17.7. The summed E-state index contributed by atoms with van der Waals surface area (Å²) in [5.41, 5.74) is 5.19. The van der Waals surface area contributed by atoms with E-state index in [2.05, 4.69) is 11.3 Å². The van der Waals surface area contributed by atoms with Gasteiger partial charge in [-0.3, -0.25) is 0 Å². The van der Waals surface area contributed by atoms with Crippen molar-refractivity contribution < 1.29 is 9.84 Å². The van der Waals surface area contributed by atoms with E-state index in [1.54, 1.807) is 27.9 Å². The molecule has 0 saturated carbocycles. The SMILES string of the molecule is C=C(C)OC.CC(N)C(C)O.